The van der Waals surface area contributed by atoms with Gasteiger partial charge >= 0.3 is 5.97 Å². The third-order valence-corrected chi connectivity index (χ3v) is 2.85. The fourth-order valence-corrected chi connectivity index (χ4v) is 2.00. The van der Waals surface area contributed by atoms with Crippen LogP contribution in [0.15, 0.2) is 17.0 Å². The zero-order valence-electron chi connectivity index (χ0n) is 7.63. The maximum Gasteiger partial charge on any atom is 0.339 e. The molecule has 0 fully saturated rings. The highest BCUT2D eigenvalue weighted by molar-refractivity contribution is 7.86. The second kappa shape index (κ2) is 3.52. The molecule has 0 amide bonds. The Labute approximate surface area is 85.5 Å². The van der Waals surface area contributed by atoms with Gasteiger partial charge in [0, 0.05) is 0 Å². The molecule has 7 heteroatoms. The summed E-state index contributed by atoms with van der Waals surface area (Å²) in [6.45, 7) is 1.33. The fraction of sp³-hybridized carbons (Fsp3) is 0.125. The van der Waals surface area contributed by atoms with E-state index in [2.05, 4.69) is 0 Å². The van der Waals surface area contributed by atoms with Gasteiger partial charge in [-0.05, 0) is 18.6 Å². The SMILES string of the molecule is Cc1ccc(C(=O)O)c(O)c1S(=O)(=O)O. The van der Waals surface area contributed by atoms with Gasteiger partial charge in [0.2, 0.25) is 0 Å². The maximum absolute atomic E-state index is 10.9. The molecule has 1 aromatic carbocycles. The van der Waals surface area contributed by atoms with Crippen molar-refractivity contribution in [2.45, 2.75) is 11.8 Å². The van der Waals surface area contributed by atoms with E-state index in [9.17, 15) is 18.3 Å². The smallest absolute Gasteiger partial charge is 0.339 e. The number of aromatic hydroxyl groups is 1. The summed E-state index contributed by atoms with van der Waals surface area (Å²) >= 11 is 0. The lowest BCUT2D eigenvalue weighted by Crippen LogP contribution is -2.06. The average molecular weight is 232 g/mol. The summed E-state index contributed by atoms with van der Waals surface area (Å²) < 4.78 is 30.5. The Morgan fingerprint density at radius 1 is 1.33 bits per heavy atom. The van der Waals surface area contributed by atoms with Crippen LogP contribution in [-0.2, 0) is 10.1 Å². The van der Waals surface area contributed by atoms with Crippen LogP contribution in [-0.4, -0.2) is 29.2 Å². The van der Waals surface area contributed by atoms with Crippen LogP contribution in [0.4, 0.5) is 0 Å². The van der Waals surface area contributed by atoms with Gasteiger partial charge in [-0.2, -0.15) is 8.42 Å². The molecule has 0 aliphatic carbocycles. The zero-order chi connectivity index (χ0) is 11.8. The topological polar surface area (TPSA) is 112 Å². The van der Waals surface area contributed by atoms with Crippen molar-refractivity contribution in [2.24, 2.45) is 0 Å². The van der Waals surface area contributed by atoms with E-state index >= 15 is 0 Å². The van der Waals surface area contributed by atoms with Crippen molar-refractivity contribution in [3.05, 3.63) is 23.3 Å². The number of hydrogen-bond donors (Lipinski definition) is 3. The van der Waals surface area contributed by atoms with Gasteiger partial charge in [0.05, 0.1) is 0 Å². The molecule has 1 aromatic rings. The highest BCUT2D eigenvalue weighted by Gasteiger charge is 2.23. The molecule has 15 heavy (non-hydrogen) atoms. The minimum Gasteiger partial charge on any atom is -0.506 e. The summed E-state index contributed by atoms with van der Waals surface area (Å²) in [6.07, 6.45) is 0. The number of aryl methyl sites for hydroxylation is 1. The van der Waals surface area contributed by atoms with E-state index in [0.717, 1.165) is 6.07 Å². The molecule has 0 aliphatic rings. The minimum absolute atomic E-state index is 0.0694. The molecule has 0 saturated carbocycles. The molecule has 1 rings (SSSR count). The molecular formula is C8H8O6S. The van der Waals surface area contributed by atoms with E-state index in [1.54, 1.807) is 0 Å². The van der Waals surface area contributed by atoms with Crippen LogP contribution in [0.2, 0.25) is 0 Å². The molecule has 0 saturated heterocycles. The van der Waals surface area contributed by atoms with Crippen molar-refractivity contribution in [3.8, 4) is 5.75 Å². The lowest BCUT2D eigenvalue weighted by Gasteiger charge is -2.07. The van der Waals surface area contributed by atoms with E-state index in [-0.39, 0.29) is 5.56 Å². The molecule has 0 radical (unpaired) electrons. The Morgan fingerprint density at radius 2 is 1.87 bits per heavy atom. The number of aromatic carboxylic acids is 1. The predicted molar refractivity (Wildman–Crippen MR) is 49.6 cm³/mol. The van der Waals surface area contributed by atoms with Crippen LogP contribution < -0.4 is 0 Å². The van der Waals surface area contributed by atoms with Crippen molar-refractivity contribution in [3.63, 3.8) is 0 Å². The van der Waals surface area contributed by atoms with Gasteiger partial charge in [-0.25, -0.2) is 4.79 Å². The number of carbonyl (C=O) groups is 1. The Bertz CT molecular complexity index is 516. The van der Waals surface area contributed by atoms with Crippen molar-refractivity contribution >= 4 is 16.1 Å². The van der Waals surface area contributed by atoms with Crippen LogP contribution in [0, 0.1) is 6.92 Å². The molecule has 3 N–H and O–H groups in total. The summed E-state index contributed by atoms with van der Waals surface area (Å²) in [5.41, 5.74) is -0.506. The summed E-state index contributed by atoms with van der Waals surface area (Å²) in [5.74, 6) is -2.43. The summed E-state index contributed by atoms with van der Waals surface area (Å²) in [5, 5.41) is 18.0. The van der Waals surface area contributed by atoms with Gasteiger partial charge in [-0.3, -0.25) is 4.55 Å². The second-order valence-corrected chi connectivity index (χ2v) is 4.25. The number of carboxylic acid groups (broad SMARTS) is 1. The van der Waals surface area contributed by atoms with E-state index in [0.29, 0.717) is 0 Å². The minimum atomic E-state index is -4.63. The molecule has 0 aromatic heterocycles. The molecule has 6 nitrogen and oxygen atoms in total. The zero-order valence-corrected chi connectivity index (χ0v) is 8.45. The molecule has 0 bridgehead atoms. The van der Waals surface area contributed by atoms with Gasteiger partial charge in [0.25, 0.3) is 10.1 Å². The fourth-order valence-electron chi connectivity index (χ4n) is 1.17. The van der Waals surface area contributed by atoms with E-state index < -0.39 is 32.3 Å². The number of hydrogen-bond acceptors (Lipinski definition) is 4. The first-order valence-electron chi connectivity index (χ1n) is 3.78. The third kappa shape index (κ3) is 2.08. The number of rotatable bonds is 2. The van der Waals surface area contributed by atoms with Gasteiger partial charge in [-0.1, -0.05) is 6.07 Å². The number of phenols is 1. The van der Waals surface area contributed by atoms with E-state index in [1.165, 1.54) is 13.0 Å². The quantitative estimate of drug-likeness (QED) is 0.645. The maximum atomic E-state index is 10.9. The van der Waals surface area contributed by atoms with Gasteiger partial charge in [-0.15, -0.1) is 0 Å². The monoisotopic (exact) mass is 232 g/mol. The molecule has 0 aliphatic heterocycles. The molecule has 0 atom stereocenters. The largest absolute Gasteiger partial charge is 0.506 e. The average Bonchev–Trinajstić information content (AvgIpc) is 2.00. The summed E-state index contributed by atoms with van der Waals surface area (Å²) in [4.78, 5) is 9.80. The summed E-state index contributed by atoms with van der Waals surface area (Å²) in [7, 11) is -4.63. The highest BCUT2D eigenvalue weighted by Crippen LogP contribution is 2.29. The van der Waals surface area contributed by atoms with Crippen molar-refractivity contribution in [1.29, 1.82) is 0 Å². The lowest BCUT2D eigenvalue weighted by atomic mass is 10.1. The first-order valence-corrected chi connectivity index (χ1v) is 5.22. The first kappa shape index (κ1) is 11.5. The van der Waals surface area contributed by atoms with Gasteiger partial charge in [0.1, 0.15) is 10.5 Å². The highest BCUT2D eigenvalue weighted by atomic mass is 32.2. The van der Waals surface area contributed by atoms with E-state index in [4.69, 9.17) is 9.66 Å². The van der Waals surface area contributed by atoms with E-state index in [1.807, 2.05) is 0 Å². The Balaban J connectivity index is 3.66. The second-order valence-electron chi connectivity index (χ2n) is 2.89. The van der Waals surface area contributed by atoms with Crippen LogP contribution in [0.3, 0.4) is 0 Å². The van der Waals surface area contributed by atoms with Crippen molar-refractivity contribution in [1.82, 2.24) is 0 Å². The normalized spacial score (nSPS) is 11.3. The lowest BCUT2D eigenvalue weighted by molar-refractivity contribution is 0.0693. The van der Waals surface area contributed by atoms with Crippen LogP contribution >= 0.6 is 0 Å². The van der Waals surface area contributed by atoms with Crippen LogP contribution in [0.1, 0.15) is 15.9 Å². The summed E-state index contributed by atoms with van der Waals surface area (Å²) in [6, 6.07) is 2.24. The van der Waals surface area contributed by atoms with Crippen LogP contribution in [0.5, 0.6) is 5.75 Å². The molecule has 0 heterocycles. The third-order valence-electron chi connectivity index (χ3n) is 1.82. The molecule has 0 spiro atoms. The molecule has 0 unspecified atom stereocenters. The molecular weight excluding hydrogens is 224 g/mol. The number of carboxylic acids is 1. The Hall–Kier alpha value is -1.60. The van der Waals surface area contributed by atoms with Crippen molar-refractivity contribution < 1.29 is 28.0 Å². The predicted octanol–water partition coefficient (Wildman–Crippen LogP) is 0.646. The standard InChI is InChI=1S/C8H8O6S/c1-4-2-3-5(8(10)11)6(9)7(4)15(12,13)14/h2-3,9H,1H3,(H,10,11)(H,12,13,14). The van der Waals surface area contributed by atoms with Gasteiger partial charge < -0.3 is 10.2 Å². The van der Waals surface area contributed by atoms with Crippen LogP contribution in [0.25, 0.3) is 0 Å². The van der Waals surface area contributed by atoms with Gasteiger partial charge in [0.15, 0.2) is 5.75 Å². The number of benzene rings is 1. The van der Waals surface area contributed by atoms with Crippen molar-refractivity contribution in [2.75, 3.05) is 0 Å². The Kier molecular flexibility index (Phi) is 2.69. The Morgan fingerprint density at radius 3 is 2.27 bits per heavy atom. The first-order chi connectivity index (χ1) is 6.75. The molecule has 82 valence electrons.